The zero-order valence-corrected chi connectivity index (χ0v) is 20.2. The van der Waals surface area contributed by atoms with Crippen molar-refractivity contribution in [1.29, 1.82) is 0 Å². The fourth-order valence-electron chi connectivity index (χ4n) is 3.35. The molecule has 0 spiro atoms. The number of nitrogens with one attached hydrogen (secondary N) is 1. The van der Waals surface area contributed by atoms with E-state index >= 15 is 0 Å². The molecule has 1 heterocycles. The number of benzene rings is 3. The molecule has 0 atom stereocenters. The predicted molar refractivity (Wildman–Crippen MR) is 137 cm³/mol. The van der Waals surface area contributed by atoms with Crippen molar-refractivity contribution in [1.82, 2.24) is 9.78 Å². The van der Waals surface area contributed by atoms with Gasteiger partial charge in [0.1, 0.15) is 18.1 Å². The second-order valence-corrected chi connectivity index (χ2v) is 8.46. The molecule has 7 heteroatoms. The second-order valence-electron chi connectivity index (χ2n) is 7.55. The minimum atomic E-state index is -0.234. The molecule has 0 bridgehead atoms. The third-order valence-electron chi connectivity index (χ3n) is 5.03. The number of methoxy groups -OCH3 is 1. The van der Waals surface area contributed by atoms with Gasteiger partial charge in [-0.15, -0.1) is 0 Å². The van der Waals surface area contributed by atoms with Gasteiger partial charge >= 0.3 is 0 Å². The molecule has 0 radical (unpaired) electrons. The van der Waals surface area contributed by atoms with Gasteiger partial charge in [0.25, 0.3) is 0 Å². The first kappa shape index (κ1) is 23.3. The Kier molecular flexibility index (Phi) is 7.78. The molecular formula is C27H24BrN3O3. The average Bonchev–Trinajstić information content (AvgIpc) is 3.29. The van der Waals surface area contributed by atoms with E-state index in [2.05, 4.69) is 26.3 Å². The van der Waals surface area contributed by atoms with Crippen LogP contribution in [0.15, 0.2) is 95.7 Å². The number of nitrogens with zero attached hydrogens (tertiary/aromatic N) is 2. The maximum absolute atomic E-state index is 12.4. The third kappa shape index (κ3) is 6.59. The van der Waals surface area contributed by atoms with Gasteiger partial charge < -0.3 is 14.8 Å². The van der Waals surface area contributed by atoms with E-state index in [1.165, 1.54) is 6.08 Å². The Morgan fingerprint density at radius 1 is 1.09 bits per heavy atom. The number of carbonyl (C=O) groups excluding carboxylic acids is 1. The van der Waals surface area contributed by atoms with Crippen LogP contribution in [0.5, 0.6) is 11.5 Å². The first-order valence-electron chi connectivity index (χ1n) is 10.7. The molecule has 1 N–H and O–H groups in total. The van der Waals surface area contributed by atoms with Crippen LogP contribution < -0.4 is 14.8 Å². The first-order valence-corrected chi connectivity index (χ1v) is 11.5. The van der Waals surface area contributed by atoms with Crippen molar-refractivity contribution in [2.45, 2.75) is 13.2 Å². The minimum Gasteiger partial charge on any atom is -0.496 e. The largest absolute Gasteiger partial charge is 0.496 e. The van der Waals surface area contributed by atoms with E-state index < -0.39 is 0 Å². The van der Waals surface area contributed by atoms with Crippen LogP contribution in [-0.4, -0.2) is 22.8 Å². The summed E-state index contributed by atoms with van der Waals surface area (Å²) < 4.78 is 14.1. The summed E-state index contributed by atoms with van der Waals surface area (Å²) in [5.41, 5.74) is 3.53. The molecule has 0 aliphatic carbocycles. The van der Waals surface area contributed by atoms with Crippen LogP contribution >= 0.6 is 15.9 Å². The Hall–Kier alpha value is -3.84. The van der Waals surface area contributed by atoms with Crippen LogP contribution in [0.4, 0.5) is 5.69 Å². The van der Waals surface area contributed by atoms with Gasteiger partial charge in [-0.25, -0.2) is 0 Å². The molecule has 0 saturated heterocycles. The molecule has 34 heavy (non-hydrogen) atoms. The van der Waals surface area contributed by atoms with Crippen molar-refractivity contribution >= 4 is 33.6 Å². The normalized spacial score (nSPS) is 10.9. The maximum Gasteiger partial charge on any atom is 0.248 e. The Balaban J connectivity index is 1.36. The quantitative estimate of drug-likeness (QED) is 0.279. The Labute approximate surface area is 207 Å². The number of amides is 1. The summed E-state index contributed by atoms with van der Waals surface area (Å²) in [7, 11) is 1.62. The van der Waals surface area contributed by atoms with Gasteiger partial charge in [0.05, 0.1) is 25.5 Å². The van der Waals surface area contributed by atoms with Gasteiger partial charge in [-0.05, 0) is 53.6 Å². The minimum absolute atomic E-state index is 0.234. The van der Waals surface area contributed by atoms with E-state index in [9.17, 15) is 4.79 Å². The Morgan fingerprint density at radius 3 is 2.65 bits per heavy atom. The van der Waals surface area contributed by atoms with Crippen molar-refractivity contribution in [3.8, 4) is 11.5 Å². The topological polar surface area (TPSA) is 65.4 Å². The third-order valence-corrected chi connectivity index (χ3v) is 5.56. The van der Waals surface area contributed by atoms with Crippen LogP contribution in [0.25, 0.3) is 6.08 Å². The number of hydrogen-bond donors (Lipinski definition) is 1. The highest BCUT2D eigenvalue weighted by atomic mass is 79.9. The fraction of sp³-hybridized carbons (Fsp3) is 0.111. The van der Waals surface area contributed by atoms with E-state index in [1.807, 2.05) is 79.0 Å². The summed E-state index contributed by atoms with van der Waals surface area (Å²) in [4.78, 5) is 12.4. The lowest BCUT2D eigenvalue weighted by molar-refractivity contribution is -0.111. The Morgan fingerprint density at radius 2 is 1.88 bits per heavy atom. The molecule has 0 fully saturated rings. The number of anilines is 1. The molecule has 0 aliphatic heterocycles. The average molecular weight is 518 g/mol. The van der Waals surface area contributed by atoms with Gasteiger partial charge in [-0.2, -0.15) is 5.10 Å². The van der Waals surface area contributed by atoms with Crippen LogP contribution in [0.1, 0.15) is 16.7 Å². The SMILES string of the molecule is COc1ccc(C=CC(=O)Nc2cnn(Cc3ccccc3)c2)cc1COc1ccc(Br)cc1. The zero-order chi connectivity index (χ0) is 23.8. The molecular weight excluding hydrogens is 494 g/mol. The van der Waals surface area contributed by atoms with Crippen molar-refractivity contribution in [2.75, 3.05) is 12.4 Å². The molecule has 6 nitrogen and oxygen atoms in total. The van der Waals surface area contributed by atoms with Crippen molar-refractivity contribution in [3.63, 3.8) is 0 Å². The summed E-state index contributed by atoms with van der Waals surface area (Å²) >= 11 is 3.42. The van der Waals surface area contributed by atoms with Crippen molar-refractivity contribution < 1.29 is 14.3 Å². The second kappa shape index (κ2) is 11.3. The lowest BCUT2D eigenvalue weighted by Crippen LogP contribution is -2.07. The van der Waals surface area contributed by atoms with Gasteiger partial charge in [0.15, 0.2) is 0 Å². The zero-order valence-electron chi connectivity index (χ0n) is 18.6. The molecule has 172 valence electrons. The highest BCUT2D eigenvalue weighted by molar-refractivity contribution is 9.10. The lowest BCUT2D eigenvalue weighted by atomic mass is 10.1. The standard InChI is InChI=1S/C27H24BrN3O3/c1-33-26-13-7-20(15-22(26)19-34-25-11-9-23(28)10-12-25)8-14-27(32)30-24-16-29-31(18-24)17-21-5-3-2-4-6-21/h2-16,18H,17,19H2,1H3,(H,30,32). The highest BCUT2D eigenvalue weighted by Gasteiger charge is 2.06. The summed E-state index contributed by atoms with van der Waals surface area (Å²) in [5, 5.41) is 7.16. The Bertz CT molecular complexity index is 1270. The van der Waals surface area contributed by atoms with Crippen LogP contribution in [0.2, 0.25) is 0 Å². The summed E-state index contributed by atoms with van der Waals surface area (Å²) in [6.45, 7) is 0.989. The predicted octanol–water partition coefficient (Wildman–Crippen LogP) is 5.93. The van der Waals surface area contributed by atoms with Crippen LogP contribution in [0, 0.1) is 0 Å². The molecule has 1 aromatic heterocycles. The van der Waals surface area contributed by atoms with Gasteiger partial charge in [-0.1, -0.05) is 52.3 Å². The van der Waals surface area contributed by atoms with Crippen molar-refractivity contribution in [3.05, 3.63) is 112 Å². The first-order chi connectivity index (χ1) is 16.6. The lowest BCUT2D eigenvalue weighted by Gasteiger charge is -2.11. The molecule has 4 rings (SSSR count). The van der Waals surface area contributed by atoms with Crippen LogP contribution in [-0.2, 0) is 17.9 Å². The summed E-state index contributed by atoms with van der Waals surface area (Å²) in [5.74, 6) is 1.26. The monoisotopic (exact) mass is 517 g/mol. The van der Waals surface area contributed by atoms with E-state index in [0.717, 1.165) is 32.7 Å². The van der Waals surface area contributed by atoms with Gasteiger partial charge in [0.2, 0.25) is 5.91 Å². The number of ether oxygens (including phenoxy) is 2. The number of aromatic nitrogens is 2. The number of halogens is 1. The summed E-state index contributed by atoms with van der Waals surface area (Å²) in [6.07, 6.45) is 6.70. The number of carbonyl (C=O) groups is 1. The van der Waals surface area contributed by atoms with Crippen LogP contribution in [0.3, 0.4) is 0 Å². The van der Waals surface area contributed by atoms with Gasteiger partial charge in [-0.3, -0.25) is 9.48 Å². The number of hydrogen-bond acceptors (Lipinski definition) is 4. The van der Waals surface area contributed by atoms with E-state index in [1.54, 1.807) is 24.1 Å². The molecule has 1 amide bonds. The smallest absolute Gasteiger partial charge is 0.248 e. The molecule has 4 aromatic rings. The number of rotatable bonds is 9. The molecule has 3 aromatic carbocycles. The van der Waals surface area contributed by atoms with Crippen molar-refractivity contribution in [2.24, 2.45) is 0 Å². The van der Waals surface area contributed by atoms with E-state index in [0.29, 0.717) is 18.8 Å². The van der Waals surface area contributed by atoms with E-state index in [4.69, 9.17) is 9.47 Å². The highest BCUT2D eigenvalue weighted by Crippen LogP contribution is 2.24. The molecule has 0 saturated carbocycles. The molecule has 0 aliphatic rings. The molecule has 0 unspecified atom stereocenters. The van der Waals surface area contributed by atoms with E-state index in [-0.39, 0.29) is 5.91 Å². The fourth-order valence-corrected chi connectivity index (χ4v) is 3.61. The maximum atomic E-state index is 12.4. The summed E-state index contributed by atoms with van der Waals surface area (Å²) in [6, 6.07) is 23.4. The van der Waals surface area contributed by atoms with Gasteiger partial charge in [0, 0.05) is 22.3 Å².